The predicted octanol–water partition coefficient (Wildman–Crippen LogP) is 1.88. The van der Waals surface area contributed by atoms with E-state index in [1.807, 2.05) is 12.1 Å². The molecule has 0 aromatic carbocycles. The van der Waals surface area contributed by atoms with Crippen molar-refractivity contribution in [2.45, 2.75) is 12.8 Å². The molecule has 13 heavy (non-hydrogen) atoms. The van der Waals surface area contributed by atoms with Crippen molar-refractivity contribution in [3.63, 3.8) is 0 Å². The minimum atomic E-state index is -3.36. The molecule has 5 nitrogen and oxygen atoms in total. The molecule has 0 spiro atoms. The van der Waals surface area contributed by atoms with E-state index in [2.05, 4.69) is 21.3 Å². The summed E-state index contributed by atoms with van der Waals surface area (Å²) in [7, 11) is 0. The second-order valence-corrected chi connectivity index (χ2v) is 4.87. The van der Waals surface area contributed by atoms with Crippen molar-refractivity contribution in [2.75, 3.05) is 13.2 Å². The Kier molecular flexibility index (Phi) is 6.66. The van der Waals surface area contributed by atoms with E-state index < -0.39 is 6.80 Å². The molecule has 72 valence electrons. The highest BCUT2D eigenvalue weighted by Gasteiger charge is 2.17. The molecule has 0 aliphatic heterocycles. The van der Waals surface area contributed by atoms with Gasteiger partial charge in [-0.2, -0.15) is 10.5 Å². The zero-order valence-electron chi connectivity index (χ0n) is 6.84. The van der Waals surface area contributed by atoms with Gasteiger partial charge in [0.1, 0.15) is 0 Å². The fourth-order valence-corrected chi connectivity index (χ4v) is 1.66. The molecule has 0 heterocycles. The van der Waals surface area contributed by atoms with Gasteiger partial charge in [0.15, 0.2) is 0 Å². The Bertz CT molecular complexity index is 246. The third kappa shape index (κ3) is 7.83. The van der Waals surface area contributed by atoms with Gasteiger partial charge < -0.3 is 0 Å². The van der Waals surface area contributed by atoms with Crippen LogP contribution in [-0.4, -0.2) is 13.2 Å². The van der Waals surface area contributed by atoms with E-state index in [1.54, 1.807) is 0 Å². The predicted molar refractivity (Wildman–Crippen MR) is 49.0 cm³/mol. The molecule has 0 rings (SSSR count). The summed E-state index contributed by atoms with van der Waals surface area (Å²) in [5.41, 5.74) is 0. The number of thiol groups is 1. The number of nitriles is 2. The second kappa shape index (κ2) is 6.94. The highest BCUT2D eigenvalue weighted by molar-refractivity contribution is 8.44. The van der Waals surface area contributed by atoms with Gasteiger partial charge in [0, 0.05) is 0 Å². The molecule has 0 unspecified atom stereocenters. The van der Waals surface area contributed by atoms with Crippen molar-refractivity contribution in [1.82, 2.24) is 0 Å². The van der Waals surface area contributed by atoms with Crippen molar-refractivity contribution < 1.29 is 13.6 Å². The van der Waals surface area contributed by atoms with Crippen LogP contribution in [0.3, 0.4) is 0 Å². The van der Waals surface area contributed by atoms with Crippen LogP contribution in [0.15, 0.2) is 0 Å². The standard InChI is InChI=1S/C6H9N2O3PS/c7-3-1-5-10-12(9,13)11-6-2-4-8/h1-2,5-6H2,(H,9,13). The van der Waals surface area contributed by atoms with Crippen molar-refractivity contribution in [1.29, 1.82) is 10.5 Å². The smallest absolute Gasteiger partial charge is 0.300 e. The first-order chi connectivity index (χ1) is 6.12. The van der Waals surface area contributed by atoms with E-state index in [4.69, 9.17) is 10.5 Å². The summed E-state index contributed by atoms with van der Waals surface area (Å²) in [5.74, 6) is 0. The number of hydrogen-bond acceptors (Lipinski definition) is 5. The SMILES string of the molecule is N#CCCOP(=O)(S)OCCC#N. The van der Waals surface area contributed by atoms with E-state index in [9.17, 15) is 4.57 Å². The van der Waals surface area contributed by atoms with E-state index in [0.29, 0.717) is 0 Å². The van der Waals surface area contributed by atoms with E-state index in [1.165, 1.54) is 0 Å². The van der Waals surface area contributed by atoms with Gasteiger partial charge in [-0.3, -0.25) is 9.05 Å². The Morgan fingerprint density at radius 1 is 1.15 bits per heavy atom. The molecule has 0 radical (unpaired) electrons. The molecular weight excluding hydrogens is 211 g/mol. The molecule has 0 bridgehead atoms. The van der Waals surface area contributed by atoms with Crippen molar-refractivity contribution in [3.05, 3.63) is 0 Å². The maximum Gasteiger partial charge on any atom is 0.386 e. The molecular formula is C6H9N2O3PS. The highest BCUT2D eigenvalue weighted by atomic mass is 32.7. The molecule has 0 atom stereocenters. The lowest BCUT2D eigenvalue weighted by atomic mass is 10.5. The monoisotopic (exact) mass is 220 g/mol. The van der Waals surface area contributed by atoms with Crippen LogP contribution >= 0.6 is 19.0 Å². The van der Waals surface area contributed by atoms with Crippen molar-refractivity contribution in [2.24, 2.45) is 0 Å². The first-order valence-corrected chi connectivity index (χ1v) is 6.17. The Labute approximate surface area is 81.9 Å². The maximum atomic E-state index is 11.2. The average molecular weight is 220 g/mol. The molecule has 0 aliphatic rings. The molecule has 0 aliphatic carbocycles. The fourth-order valence-electron chi connectivity index (χ4n) is 0.451. The van der Waals surface area contributed by atoms with E-state index in [0.717, 1.165) is 0 Å². The third-order valence-electron chi connectivity index (χ3n) is 0.937. The van der Waals surface area contributed by atoms with Crippen LogP contribution in [-0.2, 0) is 13.6 Å². The summed E-state index contributed by atoms with van der Waals surface area (Å²) in [6.45, 7) is -3.32. The number of nitrogens with zero attached hydrogens (tertiary/aromatic N) is 2. The fraction of sp³-hybridized carbons (Fsp3) is 0.667. The third-order valence-corrected chi connectivity index (χ3v) is 2.65. The quantitative estimate of drug-likeness (QED) is 0.419. The minimum Gasteiger partial charge on any atom is -0.300 e. The average Bonchev–Trinajstić information content (AvgIpc) is 2.05. The molecule has 0 saturated carbocycles. The van der Waals surface area contributed by atoms with Crippen LogP contribution in [0.25, 0.3) is 0 Å². The molecule has 0 saturated heterocycles. The summed E-state index contributed by atoms with van der Waals surface area (Å²) >= 11 is 3.62. The minimum absolute atomic E-state index is 0.0177. The molecule has 0 N–H and O–H groups in total. The molecule has 0 fully saturated rings. The van der Waals surface area contributed by atoms with Gasteiger partial charge in [-0.1, -0.05) is 12.2 Å². The van der Waals surface area contributed by atoms with Gasteiger partial charge >= 0.3 is 6.80 Å². The van der Waals surface area contributed by atoms with Crippen LogP contribution in [0.4, 0.5) is 0 Å². The topological polar surface area (TPSA) is 83.1 Å². The van der Waals surface area contributed by atoms with E-state index in [-0.39, 0.29) is 26.1 Å². The van der Waals surface area contributed by atoms with Crippen LogP contribution < -0.4 is 0 Å². The van der Waals surface area contributed by atoms with Crippen molar-refractivity contribution in [3.8, 4) is 12.1 Å². The summed E-state index contributed by atoms with van der Waals surface area (Å²) in [6, 6.07) is 3.64. The van der Waals surface area contributed by atoms with Gasteiger partial charge in [0.25, 0.3) is 0 Å². The zero-order chi connectivity index (χ0) is 10.2. The van der Waals surface area contributed by atoms with Gasteiger partial charge in [-0.15, -0.1) is 0 Å². The van der Waals surface area contributed by atoms with Crippen LogP contribution in [0, 0.1) is 22.7 Å². The summed E-state index contributed by atoms with van der Waals surface area (Å²) in [6.07, 6.45) is 0.262. The van der Waals surface area contributed by atoms with Crippen LogP contribution in [0.2, 0.25) is 0 Å². The first kappa shape index (κ1) is 12.5. The lowest BCUT2D eigenvalue weighted by Gasteiger charge is -2.10. The Morgan fingerprint density at radius 2 is 1.54 bits per heavy atom. The highest BCUT2D eigenvalue weighted by Crippen LogP contribution is 2.52. The normalized spacial score (nSPS) is 10.4. The molecule has 0 aromatic heterocycles. The van der Waals surface area contributed by atoms with Gasteiger partial charge in [0.2, 0.25) is 0 Å². The van der Waals surface area contributed by atoms with E-state index >= 15 is 0 Å². The molecule has 0 aromatic rings. The van der Waals surface area contributed by atoms with Crippen LogP contribution in [0.1, 0.15) is 12.8 Å². The van der Waals surface area contributed by atoms with Crippen LogP contribution in [0.5, 0.6) is 0 Å². The number of rotatable bonds is 6. The summed E-state index contributed by atoms with van der Waals surface area (Å²) in [5, 5.41) is 16.3. The lowest BCUT2D eigenvalue weighted by Crippen LogP contribution is -1.94. The maximum absolute atomic E-state index is 11.2. The van der Waals surface area contributed by atoms with Crippen molar-refractivity contribution >= 4 is 19.0 Å². The van der Waals surface area contributed by atoms with Gasteiger partial charge in [-0.25, -0.2) is 4.57 Å². The Balaban J connectivity index is 3.63. The largest absolute Gasteiger partial charge is 0.386 e. The Morgan fingerprint density at radius 3 is 1.85 bits per heavy atom. The summed E-state index contributed by atoms with van der Waals surface area (Å²) < 4.78 is 20.5. The summed E-state index contributed by atoms with van der Waals surface area (Å²) in [4.78, 5) is 0. The van der Waals surface area contributed by atoms with Gasteiger partial charge in [0.05, 0.1) is 38.2 Å². The van der Waals surface area contributed by atoms with Gasteiger partial charge in [-0.05, 0) is 0 Å². The second-order valence-electron chi connectivity index (χ2n) is 1.95. The lowest BCUT2D eigenvalue weighted by molar-refractivity contribution is 0.227. The molecule has 7 heteroatoms. The molecule has 0 amide bonds. The Hall–Kier alpha value is -0.520. The first-order valence-electron chi connectivity index (χ1n) is 3.48. The zero-order valence-corrected chi connectivity index (χ0v) is 8.63. The number of hydrogen-bond donors (Lipinski definition) is 1.